The molecular formula is C21H20N4O4. The van der Waals surface area contributed by atoms with Crippen LogP contribution < -0.4 is 24.8 Å². The van der Waals surface area contributed by atoms with Gasteiger partial charge in [0.25, 0.3) is 5.91 Å². The number of amides is 1. The van der Waals surface area contributed by atoms with Gasteiger partial charge in [0.2, 0.25) is 12.7 Å². The van der Waals surface area contributed by atoms with Crippen LogP contribution in [0.5, 0.6) is 17.4 Å². The molecule has 3 aromatic rings. The zero-order chi connectivity index (χ0) is 20.2. The second-order valence-corrected chi connectivity index (χ2v) is 6.30. The van der Waals surface area contributed by atoms with E-state index in [0.29, 0.717) is 46.9 Å². The lowest BCUT2D eigenvalue weighted by atomic mass is 10.2. The lowest BCUT2D eigenvalue weighted by Gasteiger charge is -2.10. The van der Waals surface area contributed by atoms with E-state index in [1.54, 1.807) is 24.3 Å². The predicted molar refractivity (Wildman–Crippen MR) is 108 cm³/mol. The van der Waals surface area contributed by atoms with Gasteiger partial charge in [-0.25, -0.2) is 4.98 Å². The number of hydrogen-bond acceptors (Lipinski definition) is 7. The minimum absolute atomic E-state index is 0.173. The lowest BCUT2D eigenvalue weighted by Crippen LogP contribution is -2.11. The fourth-order valence-electron chi connectivity index (χ4n) is 2.85. The number of aryl methyl sites for hydroxylation is 1. The van der Waals surface area contributed by atoms with Gasteiger partial charge in [-0.1, -0.05) is 0 Å². The van der Waals surface area contributed by atoms with Gasteiger partial charge in [0.05, 0.1) is 6.61 Å². The minimum Gasteiger partial charge on any atom is -0.478 e. The van der Waals surface area contributed by atoms with Crippen LogP contribution in [0.1, 0.15) is 23.1 Å². The summed E-state index contributed by atoms with van der Waals surface area (Å²) in [6.45, 7) is 4.42. The van der Waals surface area contributed by atoms with Crippen molar-refractivity contribution in [1.29, 1.82) is 0 Å². The second kappa shape index (κ2) is 8.05. The minimum atomic E-state index is -0.225. The molecule has 0 saturated heterocycles. The number of nitrogens with one attached hydrogen (secondary N) is 2. The molecule has 1 aliphatic rings. The van der Waals surface area contributed by atoms with E-state index >= 15 is 0 Å². The topological polar surface area (TPSA) is 94.6 Å². The fraction of sp³-hybridized carbons (Fsp3) is 0.190. The van der Waals surface area contributed by atoms with Gasteiger partial charge in [0.15, 0.2) is 11.5 Å². The normalized spacial score (nSPS) is 11.8. The molecule has 29 heavy (non-hydrogen) atoms. The van der Waals surface area contributed by atoms with Crippen LogP contribution in [0.3, 0.4) is 0 Å². The smallest absolute Gasteiger partial charge is 0.255 e. The number of nitrogens with zero attached hydrogens (tertiary/aromatic N) is 2. The van der Waals surface area contributed by atoms with Crippen LogP contribution in [0, 0.1) is 6.92 Å². The van der Waals surface area contributed by atoms with Crippen molar-refractivity contribution in [3.8, 4) is 17.4 Å². The SMILES string of the molecule is CCOc1cc(Nc2ccc(NC(=O)c3ccc4c(c3)OCO4)cc2)nc(C)n1. The Bertz CT molecular complexity index is 1040. The van der Waals surface area contributed by atoms with Crippen LogP contribution in [0.4, 0.5) is 17.2 Å². The summed E-state index contributed by atoms with van der Waals surface area (Å²) in [6.07, 6.45) is 0. The molecule has 2 aromatic carbocycles. The van der Waals surface area contributed by atoms with Gasteiger partial charge >= 0.3 is 0 Å². The van der Waals surface area contributed by atoms with Gasteiger partial charge in [0.1, 0.15) is 11.6 Å². The van der Waals surface area contributed by atoms with Crippen molar-refractivity contribution in [2.75, 3.05) is 24.0 Å². The van der Waals surface area contributed by atoms with Crippen LogP contribution in [-0.2, 0) is 0 Å². The van der Waals surface area contributed by atoms with E-state index in [-0.39, 0.29) is 12.7 Å². The lowest BCUT2D eigenvalue weighted by molar-refractivity contribution is 0.102. The number of ether oxygens (including phenoxy) is 3. The molecule has 0 bridgehead atoms. The molecule has 0 saturated carbocycles. The molecule has 0 spiro atoms. The van der Waals surface area contributed by atoms with E-state index < -0.39 is 0 Å². The molecule has 0 radical (unpaired) electrons. The first kappa shape index (κ1) is 18.5. The first-order valence-electron chi connectivity index (χ1n) is 9.17. The largest absolute Gasteiger partial charge is 0.478 e. The average Bonchev–Trinajstić information content (AvgIpc) is 3.17. The molecule has 2 N–H and O–H groups in total. The molecule has 0 atom stereocenters. The van der Waals surface area contributed by atoms with E-state index in [4.69, 9.17) is 14.2 Å². The summed E-state index contributed by atoms with van der Waals surface area (Å²) in [5.74, 6) is 2.77. The van der Waals surface area contributed by atoms with E-state index in [9.17, 15) is 4.79 Å². The number of fused-ring (bicyclic) bond motifs is 1. The summed E-state index contributed by atoms with van der Waals surface area (Å²) >= 11 is 0. The highest BCUT2D eigenvalue weighted by atomic mass is 16.7. The first-order valence-corrected chi connectivity index (χ1v) is 9.17. The summed E-state index contributed by atoms with van der Waals surface area (Å²) in [5.41, 5.74) is 2.00. The maximum absolute atomic E-state index is 12.5. The van der Waals surface area contributed by atoms with Crippen molar-refractivity contribution in [2.24, 2.45) is 0 Å². The van der Waals surface area contributed by atoms with Crippen molar-refractivity contribution in [1.82, 2.24) is 9.97 Å². The van der Waals surface area contributed by atoms with Crippen LogP contribution in [0.15, 0.2) is 48.5 Å². The number of benzene rings is 2. The van der Waals surface area contributed by atoms with Gasteiger partial charge in [-0.05, 0) is 56.3 Å². The zero-order valence-corrected chi connectivity index (χ0v) is 16.1. The van der Waals surface area contributed by atoms with Crippen molar-refractivity contribution in [2.45, 2.75) is 13.8 Å². The second-order valence-electron chi connectivity index (χ2n) is 6.30. The Morgan fingerprint density at radius 3 is 2.59 bits per heavy atom. The summed E-state index contributed by atoms with van der Waals surface area (Å²) in [6, 6.07) is 14.2. The number of hydrogen-bond donors (Lipinski definition) is 2. The zero-order valence-electron chi connectivity index (χ0n) is 16.1. The van der Waals surface area contributed by atoms with E-state index in [1.165, 1.54) is 0 Å². The van der Waals surface area contributed by atoms with Gasteiger partial charge < -0.3 is 24.8 Å². The van der Waals surface area contributed by atoms with Crippen molar-refractivity contribution >= 4 is 23.1 Å². The molecule has 0 aliphatic carbocycles. The Morgan fingerprint density at radius 2 is 1.79 bits per heavy atom. The number of aromatic nitrogens is 2. The molecule has 2 heterocycles. The number of rotatable bonds is 6. The van der Waals surface area contributed by atoms with E-state index in [1.807, 2.05) is 38.1 Å². The highest BCUT2D eigenvalue weighted by Crippen LogP contribution is 2.32. The van der Waals surface area contributed by atoms with Gasteiger partial charge in [-0.2, -0.15) is 4.98 Å². The molecule has 8 nitrogen and oxygen atoms in total. The molecule has 1 amide bonds. The molecule has 0 unspecified atom stereocenters. The van der Waals surface area contributed by atoms with Crippen LogP contribution in [0.25, 0.3) is 0 Å². The predicted octanol–water partition coefficient (Wildman–Crippen LogP) is 3.91. The molecule has 1 aromatic heterocycles. The van der Waals surface area contributed by atoms with E-state index in [0.717, 1.165) is 5.69 Å². The monoisotopic (exact) mass is 392 g/mol. The third-order valence-corrected chi connectivity index (χ3v) is 4.16. The van der Waals surface area contributed by atoms with E-state index in [2.05, 4.69) is 20.6 Å². The maximum Gasteiger partial charge on any atom is 0.255 e. The summed E-state index contributed by atoms with van der Waals surface area (Å²) in [5, 5.41) is 6.08. The summed E-state index contributed by atoms with van der Waals surface area (Å²) in [4.78, 5) is 21.1. The van der Waals surface area contributed by atoms with Crippen LogP contribution >= 0.6 is 0 Å². The van der Waals surface area contributed by atoms with Crippen LogP contribution in [0.2, 0.25) is 0 Å². The first-order chi connectivity index (χ1) is 14.1. The Balaban J connectivity index is 1.42. The number of carbonyl (C=O) groups is 1. The van der Waals surface area contributed by atoms with Gasteiger partial charge in [0, 0.05) is 23.0 Å². The highest BCUT2D eigenvalue weighted by Gasteiger charge is 2.16. The molecule has 8 heteroatoms. The third kappa shape index (κ3) is 4.37. The van der Waals surface area contributed by atoms with Crippen molar-refractivity contribution in [3.63, 3.8) is 0 Å². The Labute approximate surface area is 167 Å². The summed E-state index contributed by atoms with van der Waals surface area (Å²) in [7, 11) is 0. The van der Waals surface area contributed by atoms with Crippen molar-refractivity contribution in [3.05, 3.63) is 59.9 Å². The Hall–Kier alpha value is -3.81. The third-order valence-electron chi connectivity index (χ3n) is 4.16. The van der Waals surface area contributed by atoms with Gasteiger partial charge in [-0.15, -0.1) is 0 Å². The number of carbonyl (C=O) groups excluding carboxylic acids is 1. The quantitative estimate of drug-likeness (QED) is 0.657. The average molecular weight is 392 g/mol. The Kier molecular flexibility index (Phi) is 5.15. The molecule has 0 fully saturated rings. The number of anilines is 3. The van der Waals surface area contributed by atoms with Crippen molar-refractivity contribution < 1.29 is 19.0 Å². The molecule has 1 aliphatic heterocycles. The maximum atomic E-state index is 12.5. The summed E-state index contributed by atoms with van der Waals surface area (Å²) < 4.78 is 16.0. The Morgan fingerprint density at radius 1 is 1.03 bits per heavy atom. The molecule has 148 valence electrons. The molecular weight excluding hydrogens is 372 g/mol. The fourth-order valence-corrected chi connectivity index (χ4v) is 2.85. The molecule has 4 rings (SSSR count). The highest BCUT2D eigenvalue weighted by molar-refractivity contribution is 6.04. The van der Waals surface area contributed by atoms with Gasteiger partial charge in [-0.3, -0.25) is 4.79 Å². The standard InChI is InChI=1S/C21H20N4O4/c1-3-27-20-11-19(22-13(2)23-20)24-15-5-7-16(8-6-15)25-21(26)14-4-9-17-18(10-14)29-12-28-17/h4-11H,3,12H2,1-2H3,(H,25,26)(H,22,23,24). The van der Waals surface area contributed by atoms with Crippen LogP contribution in [-0.4, -0.2) is 29.3 Å².